The number of hydrogen-bond donors (Lipinski definition) is 1. The third-order valence-corrected chi connectivity index (χ3v) is 1.93. The molecule has 1 amide bonds. The first-order chi connectivity index (χ1) is 6.66. The summed E-state index contributed by atoms with van der Waals surface area (Å²) in [7, 11) is 3.26. The zero-order chi connectivity index (χ0) is 10.6. The molecule has 0 radical (unpaired) electrons. The number of ether oxygens (including phenoxy) is 1. The van der Waals surface area contributed by atoms with Crippen LogP contribution in [0.4, 0.5) is 0 Å². The number of likely N-dealkylation sites (N-methyl/N-ethyl adjacent to an activating group) is 1. The number of methoxy groups -OCH3 is 1. The largest absolute Gasteiger partial charge is 0.383 e. The van der Waals surface area contributed by atoms with Gasteiger partial charge in [-0.1, -0.05) is 0 Å². The van der Waals surface area contributed by atoms with Crippen molar-refractivity contribution in [2.45, 2.75) is 13.0 Å². The average molecular weight is 199 g/mol. The molecule has 1 rings (SSSR count). The standard InChI is InChI=1S/C7H13N5O2/c1-5(4-14-3)12(2)7(13)6-8-10-11-9-6/h5H,4H2,1-3H3,(H,8,9,10,11). The van der Waals surface area contributed by atoms with Crippen LogP contribution in [0, 0.1) is 0 Å². The van der Waals surface area contributed by atoms with Gasteiger partial charge in [0.05, 0.1) is 12.6 Å². The lowest BCUT2D eigenvalue weighted by Gasteiger charge is -2.22. The van der Waals surface area contributed by atoms with Gasteiger partial charge in [-0.2, -0.15) is 5.21 Å². The molecule has 1 N–H and O–H groups in total. The van der Waals surface area contributed by atoms with Crippen molar-refractivity contribution in [2.75, 3.05) is 20.8 Å². The van der Waals surface area contributed by atoms with Gasteiger partial charge < -0.3 is 9.64 Å². The lowest BCUT2D eigenvalue weighted by molar-refractivity contribution is 0.0622. The topological polar surface area (TPSA) is 84.0 Å². The molecule has 1 heterocycles. The summed E-state index contributed by atoms with van der Waals surface area (Å²) in [5.74, 6) is -0.209. The SMILES string of the molecule is COCC(C)N(C)C(=O)c1nn[nH]n1. The van der Waals surface area contributed by atoms with Gasteiger partial charge in [0.25, 0.3) is 11.7 Å². The van der Waals surface area contributed by atoms with Crippen molar-refractivity contribution in [1.29, 1.82) is 0 Å². The molecule has 78 valence electrons. The number of nitrogens with zero attached hydrogens (tertiary/aromatic N) is 4. The Hall–Kier alpha value is -1.50. The molecule has 0 saturated heterocycles. The third-order valence-electron chi connectivity index (χ3n) is 1.93. The molecule has 0 saturated carbocycles. The Bertz CT molecular complexity index is 286. The van der Waals surface area contributed by atoms with Crippen molar-refractivity contribution in [1.82, 2.24) is 25.5 Å². The van der Waals surface area contributed by atoms with Crippen LogP contribution in [0.3, 0.4) is 0 Å². The van der Waals surface area contributed by atoms with Crippen LogP contribution in [0.5, 0.6) is 0 Å². The predicted octanol–water partition coefficient (Wildman–Crippen LogP) is -0.693. The van der Waals surface area contributed by atoms with Crippen molar-refractivity contribution in [3.63, 3.8) is 0 Å². The van der Waals surface area contributed by atoms with E-state index in [0.29, 0.717) is 6.61 Å². The van der Waals surface area contributed by atoms with Crippen LogP contribution in [-0.4, -0.2) is 58.2 Å². The number of nitrogens with one attached hydrogen (secondary N) is 1. The van der Waals surface area contributed by atoms with E-state index >= 15 is 0 Å². The molecule has 0 aromatic carbocycles. The van der Waals surface area contributed by atoms with E-state index in [1.54, 1.807) is 14.2 Å². The lowest BCUT2D eigenvalue weighted by Crippen LogP contribution is -2.38. The van der Waals surface area contributed by atoms with E-state index in [-0.39, 0.29) is 17.8 Å². The number of rotatable bonds is 4. The number of hydrogen-bond acceptors (Lipinski definition) is 5. The van der Waals surface area contributed by atoms with E-state index < -0.39 is 0 Å². The van der Waals surface area contributed by atoms with Crippen LogP contribution in [0.15, 0.2) is 0 Å². The number of amides is 1. The maximum absolute atomic E-state index is 11.6. The Morgan fingerprint density at radius 3 is 2.93 bits per heavy atom. The van der Waals surface area contributed by atoms with Gasteiger partial charge >= 0.3 is 0 Å². The molecule has 0 aliphatic heterocycles. The number of aromatic nitrogens is 4. The molecule has 1 aromatic rings. The molecule has 14 heavy (non-hydrogen) atoms. The van der Waals surface area contributed by atoms with Crippen LogP contribution < -0.4 is 0 Å². The van der Waals surface area contributed by atoms with E-state index in [4.69, 9.17) is 4.74 Å². The molecule has 0 fully saturated rings. The summed E-state index contributed by atoms with van der Waals surface area (Å²) in [4.78, 5) is 13.1. The second-order valence-corrected chi connectivity index (χ2v) is 2.96. The fourth-order valence-electron chi connectivity index (χ4n) is 0.963. The molecule has 7 heteroatoms. The van der Waals surface area contributed by atoms with Gasteiger partial charge in [0.2, 0.25) is 0 Å². The predicted molar refractivity (Wildman–Crippen MR) is 47.6 cm³/mol. The smallest absolute Gasteiger partial charge is 0.295 e. The summed E-state index contributed by atoms with van der Waals surface area (Å²) < 4.78 is 4.93. The first-order valence-corrected chi connectivity index (χ1v) is 4.16. The molecule has 1 atom stereocenters. The molecule has 0 spiro atoms. The summed E-state index contributed by atoms with van der Waals surface area (Å²) in [6.45, 7) is 2.35. The molecule has 0 aliphatic rings. The lowest BCUT2D eigenvalue weighted by atomic mass is 10.3. The second-order valence-electron chi connectivity index (χ2n) is 2.96. The van der Waals surface area contributed by atoms with Crippen molar-refractivity contribution in [3.8, 4) is 0 Å². The maximum Gasteiger partial charge on any atom is 0.295 e. The highest BCUT2D eigenvalue weighted by Crippen LogP contribution is 2.00. The molecular formula is C7H13N5O2. The molecule has 0 aliphatic carbocycles. The van der Waals surface area contributed by atoms with Gasteiger partial charge in [0.15, 0.2) is 0 Å². The quantitative estimate of drug-likeness (QED) is 0.693. The van der Waals surface area contributed by atoms with Gasteiger partial charge in [0, 0.05) is 14.2 Å². The zero-order valence-corrected chi connectivity index (χ0v) is 8.39. The van der Waals surface area contributed by atoms with Crippen molar-refractivity contribution in [2.24, 2.45) is 0 Å². The van der Waals surface area contributed by atoms with Gasteiger partial charge in [-0.15, -0.1) is 10.2 Å². The Kier molecular flexibility index (Phi) is 3.52. The van der Waals surface area contributed by atoms with E-state index in [9.17, 15) is 4.79 Å². The highest BCUT2D eigenvalue weighted by atomic mass is 16.5. The maximum atomic E-state index is 11.6. The molecule has 1 aromatic heterocycles. The number of carbonyl (C=O) groups excluding carboxylic acids is 1. The Morgan fingerprint density at radius 2 is 2.43 bits per heavy atom. The minimum atomic E-state index is -0.275. The summed E-state index contributed by atoms with van der Waals surface area (Å²) in [5, 5.41) is 12.7. The van der Waals surface area contributed by atoms with Crippen LogP contribution in [0.1, 0.15) is 17.5 Å². The van der Waals surface area contributed by atoms with Crippen molar-refractivity contribution >= 4 is 5.91 Å². The van der Waals surface area contributed by atoms with Crippen molar-refractivity contribution < 1.29 is 9.53 Å². The van der Waals surface area contributed by atoms with Gasteiger partial charge in [-0.3, -0.25) is 4.79 Å². The summed E-state index contributed by atoms with van der Waals surface area (Å²) >= 11 is 0. The summed E-state index contributed by atoms with van der Waals surface area (Å²) in [6, 6.07) is -0.0222. The second kappa shape index (κ2) is 4.66. The Balaban J connectivity index is 2.61. The Morgan fingerprint density at radius 1 is 1.71 bits per heavy atom. The molecular weight excluding hydrogens is 186 g/mol. The van der Waals surface area contributed by atoms with Crippen molar-refractivity contribution in [3.05, 3.63) is 5.82 Å². The first-order valence-electron chi connectivity index (χ1n) is 4.16. The first kappa shape index (κ1) is 10.6. The third kappa shape index (κ3) is 2.25. The highest BCUT2D eigenvalue weighted by Gasteiger charge is 2.20. The average Bonchev–Trinajstić information content (AvgIpc) is 2.68. The zero-order valence-electron chi connectivity index (χ0n) is 8.39. The van der Waals surface area contributed by atoms with Gasteiger partial charge in [-0.25, -0.2) is 0 Å². The Labute approximate surface area is 81.4 Å². The number of tetrazole rings is 1. The van der Waals surface area contributed by atoms with Crippen LogP contribution >= 0.6 is 0 Å². The van der Waals surface area contributed by atoms with E-state index in [0.717, 1.165) is 0 Å². The van der Waals surface area contributed by atoms with E-state index in [1.165, 1.54) is 4.90 Å². The van der Waals surface area contributed by atoms with Crippen LogP contribution in [0.2, 0.25) is 0 Å². The van der Waals surface area contributed by atoms with Crippen LogP contribution in [0.25, 0.3) is 0 Å². The molecule has 0 bridgehead atoms. The molecule has 1 unspecified atom stereocenters. The van der Waals surface area contributed by atoms with E-state index in [2.05, 4.69) is 20.6 Å². The summed E-state index contributed by atoms with van der Waals surface area (Å²) in [6.07, 6.45) is 0. The fourth-order valence-corrected chi connectivity index (χ4v) is 0.963. The minimum absolute atomic E-state index is 0.0222. The van der Waals surface area contributed by atoms with Crippen LogP contribution in [-0.2, 0) is 4.74 Å². The minimum Gasteiger partial charge on any atom is -0.383 e. The van der Waals surface area contributed by atoms with E-state index in [1.807, 2.05) is 6.92 Å². The molecule has 7 nitrogen and oxygen atoms in total. The van der Waals surface area contributed by atoms with Gasteiger partial charge in [0.1, 0.15) is 0 Å². The fraction of sp³-hybridized carbons (Fsp3) is 0.714. The summed E-state index contributed by atoms with van der Waals surface area (Å²) in [5.41, 5.74) is 0. The highest BCUT2D eigenvalue weighted by molar-refractivity contribution is 5.90. The normalized spacial score (nSPS) is 12.5. The number of H-pyrrole nitrogens is 1. The number of carbonyl (C=O) groups is 1. The number of aromatic amines is 1. The van der Waals surface area contributed by atoms with Gasteiger partial charge in [-0.05, 0) is 12.1 Å². The monoisotopic (exact) mass is 199 g/mol.